The van der Waals surface area contributed by atoms with E-state index in [1.807, 2.05) is 0 Å². The summed E-state index contributed by atoms with van der Waals surface area (Å²) in [4.78, 5) is 14.2. The van der Waals surface area contributed by atoms with Crippen molar-refractivity contribution in [1.29, 1.82) is 5.26 Å². The lowest BCUT2D eigenvalue weighted by Crippen LogP contribution is -2.45. The van der Waals surface area contributed by atoms with Gasteiger partial charge in [0, 0.05) is 6.54 Å². The second-order valence-corrected chi connectivity index (χ2v) is 5.26. The third-order valence-electron chi connectivity index (χ3n) is 4.04. The number of nitriles is 1. The van der Waals surface area contributed by atoms with Crippen molar-refractivity contribution >= 4 is 11.6 Å². The van der Waals surface area contributed by atoms with Gasteiger partial charge in [-0.2, -0.15) is 5.26 Å². The molecule has 1 aliphatic rings. The Bertz CT molecular complexity index is 530. The zero-order chi connectivity index (χ0) is 14.6. The molecule has 0 bridgehead atoms. The summed E-state index contributed by atoms with van der Waals surface area (Å²) < 4.78 is 13.9. The minimum Gasteiger partial charge on any atom is -0.309 e. The SMILES string of the molecule is CCN(C(=O)C1(C#N)CCCCC1)c1ccccc1F. The summed E-state index contributed by atoms with van der Waals surface area (Å²) in [5, 5.41) is 9.48. The molecule has 0 aliphatic heterocycles. The van der Waals surface area contributed by atoms with Gasteiger partial charge in [-0.3, -0.25) is 4.79 Å². The molecule has 20 heavy (non-hydrogen) atoms. The van der Waals surface area contributed by atoms with Crippen LogP contribution in [-0.4, -0.2) is 12.5 Å². The molecule has 0 N–H and O–H groups in total. The molecule has 1 aromatic rings. The predicted molar refractivity (Wildman–Crippen MR) is 75.6 cm³/mol. The fourth-order valence-electron chi connectivity index (χ4n) is 2.88. The van der Waals surface area contributed by atoms with Crippen molar-refractivity contribution in [3.05, 3.63) is 30.1 Å². The van der Waals surface area contributed by atoms with Gasteiger partial charge in [0.2, 0.25) is 5.91 Å². The maximum Gasteiger partial charge on any atom is 0.247 e. The minimum absolute atomic E-state index is 0.257. The highest BCUT2D eigenvalue weighted by Gasteiger charge is 2.42. The molecule has 1 aromatic carbocycles. The minimum atomic E-state index is -0.976. The molecule has 0 radical (unpaired) electrons. The van der Waals surface area contributed by atoms with Gasteiger partial charge in [0.05, 0.1) is 11.8 Å². The Labute approximate surface area is 119 Å². The lowest BCUT2D eigenvalue weighted by molar-refractivity contribution is -0.126. The number of halogens is 1. The van der Waals surface area contributed by atoms with Gasteiger partial charge in [0.15, 0.2) is 0 Å². The van der Waals surface area contributed by atoms with Gasteiger partial charge in [0.25, 0.3) is 0 Å². The topological polar surface area (TPSA) is 44.1 Å². The van der Waals surface area contributed by atoms with Crippen LogP contribution in [0, 0.1) is 22.6 Å². The summed E-state index contributed by atoms with van der Waals surface area (Å²) in [7, 11) is 0. The van der Waals surface area contributed by atoms with Crippen molar-refractivity contribution in [3.63, 3.8) is 0 Å². The summed E-state index contributed by atoms with van der Waals surface area (Å²) in [6.07, 6.45) is 3.98. The van der Waals surface area contributed by atoms with Crippen LogP contribution < -0.4 is 4.90 Å². The highest BCUT2D eigenvalue weighted by atomic mass is 19.1. The van der Waals surface area contributed by atoms with Crippen LogP contribution in [0.1, 0.15) is 39.0 Å². The number of hydrogen-bond acceptors (Lipinski definition) is 2. The summed E-state index contributed by atoms with van der Waals surface area (Å²) in [5.41, 5.74) is -0.712. The molecule has 0 spiro atoms. The number of amides is 1. The first-order valence-corrected chi connectivity index (χ1v) is 7.12. The van der Waals surface area contributed by atoms with E-state index in [2.05, 4.69) is 6.07 Å². The molecule has 1 fully saturated rings. The molecule has 4 heteroatoms. The zero-order valence-corrected chi connectivity index (χ0v) is 11.7. The molecule has 1 aliphatic carbocycles. The quantitative estimate of drug-likeness (QED) is 0.844. The molecular formula is C16H19FN2O. The highest BCUT2D eigenvalue weighted by Crippen LogP contribution is 2.38. The maximum absolute atomic E-state index is 13.9. The van der Waals surface area contributed by atoms with E-state index >= 15 is 0 Å². The van der Waals surface area contributed by atoms with Crippen molar-refractivity contribution in [3.8, 4) is 6.07 Å². The molecule has 106 valence electrons. The second kappa shape index (κ2) is 6.04. The standard InChI is InChI=1S/C16H19FN2O/c1-2-19(14-9-5-4-8-13(14)17)15(20)16(12-18)10-6-3-7-11-16/h4-5,8-9H,2-3,6-7,10-11H2,1H3. The van der Waals surface area contributed by atoms with Gasteiger partial charge in [-0.1, -0.05) is 31.4 Å². The molecular weight excluding hydrogens is 255 g/mol. The van der Waals surface area contributed by atoms with Crippen molar-refractivity contribution in [2.45, 2.75) is 39.0 Å². The van der Waals surface area contributed by atoms with E-state index in [-0.39, 0.29) is 11.6 Å². The van der Waals surface area contributed by atoms with E-state index in [1.54, 1.807) is 25.1 Å². The Morgan fingerprint density at radius 1 is 1.35 bits per heavy atom. The first-order chi connectivity index (χ1) is 9.64. The molecule has 0 atom stereocenters. The van der Waals surface area contributed by atoms with E-state index in [1.165, 1.54) is 11.0 Å². The van der Waals surface area contributed by atoms with Crippen LogP contribution in [0.4, 0.5) is 10.1 Å². The van der Waals surface area contributed by atoms with Crippen LogP contribution in [-0.2, 0) is 4.79 Å². The van der Waals surface area contributed by atoms with Gasteiger partial charge in [-0.25, -0.2) is 4.39 Å². The molecule has 1 amide bonds. The highest BCUT2D eigenvalue weighted by molar-refractivity contribution is 5.99. The fourth-order valence-corrected chi connectivity index (χ4v) is 2.88. The van der Waals surface area contributed by atoms with Crippen LogP contribution >= 0.6 is 0 Å². The normalized spacial score (nSPS) is 17.2. The largest absolute Gasteiger partial charge is 0.309 e. The first kappa shape index (κ1) is 14.5. The first-order valence-electron chi connectivity index (χ1n) is 7.12. The fraction of sp³-hybridized carbons (Fsp3) is 0.500. The van der Waals surface area contributed by atoms with Crippen LogP contribution in [0.25, 0.3) is 0 Å². The number of carbonyl (C=O) groups is 1. The summed E-state index contributed by atoms with van der Waals surface area (Å²) in [5.74, 6) is -0.682. The Balaban J connectivity index is 2.34. The number of benzene rings is 1. The maximum atomic E-state index is 13.9. The van der Waals surface area contributed by atoms with Gasteiger partial charge in [0.1, 0.15) is 11.2 Å². The zero-order valence-electron chi connectivity index (χ0n) is 11.7. The number of hydrogen-bond donors (Lipinski definition) is 0. The molecule has 0 aromatic heterocycles. The molecule has 3 nitrogen and oxygen atoms in total. The van der Waals surface area contributed by atoms with Gasteiger partial charge >= 0.3 is 0 Å². The van der Waals surface area contributed by atoms with Crippen molar-refractivity contribution in [2.24, 2.45) is 5.41 Å². The molecule has 2 rings (SSSR count). The molecule has 0 saturated heterocycles. The monoisotopic (exact) mass is 274 g/mol. The van der Waals surface area contributed by atoms with Crippen LogP contribution in [0.5, 0.6) is 0 Å². The van der Waals surface area contributed by atoms with E-state index in [9.17, 15) is 14.4 Å². The Morgan fingerprint density at radius 2 is 2.00 bits per heavy atom. The van der Waals surface area contributed by atoms with Crippen molar-refractivity contribution in [1.82, 2.24) is 0 Å². The Kier molecular flexibility index (Phi) is 4.39. The van der Waals surface area contributed by atoms with E-state index in [0.717, 1.165) is 19.3 Å². The number of carbonyl (C=O) groups excluding carboxylic acids is 1. The number of anilines is 1. The average Bonchev–Trinajstić information content (AvgIpc) is 2.50. The van der Waals surface area contributed by atoms with Crippen molar-refractivity contribution in [2.75, 3.05) is 11.4 Å². The number of nitrogens with zero attached hydrogens (tertiary/aromatic N) is 2. The average molecular weight is 274 g/mol. The van der Waals surface area contributed by atoms with E-state index in [0.29, 0.717) is 19.4 Å². The van der Waals surface area contributed by atoms with Crippen LogP contribution in [0.2, 0.25) is 0 Å². The molecule has 1 saturated carbocycles. The third kappa shape index (κ3) is 2.53. The van der Waals surface area contributed by atoms with Crippen LogP contribution in [0.3, 0.4) is 0 Å². The van der Waals surface area contributed by atoms with E-state index < -0.39 is 11.2 Å². The van der Waals surface area contributed by atoms with Gasteiger partial charge in [-0.15, -0.1) is 0 Å². The Hall–Kier alpha value is -1.89. The summed E-state index contributed by atoms with van der Waals surface area (Å²) in [6.45, 7) is 2.17. The number of rotatable bonds is 3. The summed E-state index contributed by atoms with van der Waals surface area (Å²) >= 11 is 0. The van der Waals surface area contributed by atoms with Crippen molar-refractivity contribution < 1.29 is 9.18 Å². The smallest absolute Gasteiger partial charge is 0.247 e. The summed E-state index contributed by atoms with van der Waals surface area (Å²) in [6, 6.07) is 8.43. The lowest BCUT2D eigenvalue weighted by Gasteiger charge is -2.34. The Morgan fingerprint density at radius 3 is 2.55 bits per heavy atom. The van der Waals surface area contributed by atoms with Crippen LogP contribution in [0.15, 0.2) is 24.3 Å². The third-order valence-corrected chi connectivity index (χ3v) is 4.04. The van der Waals surface area contributed by atoms with Gasteiger partial charge < -0.3 is 4.90 Å². The lowest BCUT2D eigenvalue weighted by atomic mass is 9.74. The predicted octanol–water partition coefficient (Wildman–Crippen LogP) is 3.65. The molecule has 0 unspecified atom stereocenters. The second-order valence-electron chi connectivity index (χ2n) is 5.26. The molecule has 0 heterocycles. The van der Waals surface area contributed by atoms with E-state index in [4.69, 9.17) is 0 Å². The number of para-hydroxylation sites is 1. The van der Waals surface area contributed by atoms with Gasteiger partial charge in [-0.05, 0) is 31.9 Å².